The van der Waals surface area contributed by atoms with Crippen molar-refractivity contribution in [2.24, 2.45) is 0 Å². The lowest BCUT2D eigenvalue weighted by atomic mass is 10.2. The summed E-state index contributed by atoms with van der Waals surface area (Å²) in [6.45, 7) is 1.94. The highest BCUT2D eigenvalue weighted by molar-refractivity contribution is 8.27. The molecular formula is C13H11NO3S2. The van der Waals surface area contributed by atoms with E-state index in [2.05, 4.69) is 0 Å². The topological polar surface area (TPSA) is 57.6 Å². The van der Waals surface area contributed by atoms with E-state index < -0.39 is 5.97 Å². The van der Waals surface area contributed by atoms with Crippen molar-refractivity contribution in [2.45, 2.75) is 13.3 Å². The van der Waals surface area contributed by atoms with Gasteiger partial charge in [0.05, 0.1) is 16.2 Å². The van der Waals surface area contributed by atoms with Crippen LogP contribution in [0.5, 0.6) is 0 Å². The van der Waals surface area contributed by atoms with E-state index in [4.69, 9.17) is 17.3 Å². The van der Waals surface area contributed by atoms with Gasteiger partial charge in [0.25, 0.3) is 5.91 Å². The molecule has 6 heteroatoms. The third-order valence-corrected chi connectivity index (χ3v) is 3.89. The van der Waals surface area contributed by atoms with Crippen molar-refractivity contribution in [1.29, 1.82) is 0 Å². The first-order valence-corrected chi connectivity index (χ1v) is 6.87. The van der Waals surface area contributed by atoms with Gasteiger partial charge >= 0.3 is 5.97 Å². The summed E-state index contributed by atoms with van der Waals surface area (Å²) in [4.78, 5) is 25.1. The molecule has 1 heterocycles. The number of carboxylic acid groups (broad SMARTS) is 1. The Hall–Kier alpha value is -1.66. The smallest absolute Gasteiger partial charge is 0.335 e. The van der Waals surface area contributed by atoms with E-state index in [1.807, 2.05) is 13.0 Å². The van der Waals surface area contributed by atoms with E-state index >= 15 is 0 Å². The van der Waals surface area contributed by atoms with Crippen molar-refractivity contribution in [1.82, 2.24) is 0 Å². The van der Waals surface area contributed by atoms with Crippen LogP contribution in [0.1, 0.15) is 23.7 Å². The minimum absolute atomic E-state index is 0.131. The minimum Gasteiger partial charge on any atom is -0.478 e. The van der Waals surface area contributed by atoms with Gasteiger partial charge in [-0.15, -0.1) is 0 Å². The van der Waals surface area contributed by atoms with E-state index in [0.29, 0.717) is 14.9 Å². The molecular weight excluding hydrogens is 282 g/mol. The lowest BCUT2D eigenvalue weighted by molar-refractivity contribution is -0.113. The van der Waals surface area contributed by atoms with Crippen LogP contribution in [-0.4, -0.2) is 21.3 Å². The predicted octanol–water partition coefficient (Wildman–Crippen LogP) is 3.04. The third kappa shape index (κ3) is 2.69. The highest BCUT2D eigenvalue weighted by atomic mass is 32.2. The Morgan fingerprint density at radius 3 is 2.89 bits per heavy atom. The quantitative estimate of drug-likeness (QED) is 0.685. The Morgan fingerprint density at radius 2 is 2.26 bits per heavy atom. The summed E-state index contributed by atoms with van der Waals surface area (Å²) in [6.07, 6.45) is 2.57. The molecule has 0 spiro atoms. The maximum Gasteiger partial charge on any atom is 0.335 e. The average molecular weight is 293 g/mol. The van der Waals surface area contributed by atoms with Crippen molar-refractivity contribution in [3.8, 4) is 0 Å². The van der Waals surface area contributed by atoms with Crippen molar-refractivity contribution in [3.63, 3.8) is 0 Å². The first-order chi connectivity index (χ1) is 9.04. The minimum atomic E-state index is -1.03. The SMILES string of the molecule is CC/C=C1\SC(=S)N(c2cccc(C(=O)O)c2)C1=O. The molecule has 1 fully saturated rings. The molecule has 0 aromatic heterocycles. The number of aromatic carboxylic acids is 1. The largest absolute Gasteiger partial charge is 0.478 e. The molecule has 0 atom stereocenters. The zero-order valence-electron chi connectivity index (χ0n) is 10.1. The fourth-order valence-corrected chi connectivity index (χ4v) is 3.05. The van der Waals surface area contributed by atoms with Crippen LogP contribution in [-0.2, 0) is 4.79 Å². The number of benzene rings is 1. The Bertz CT molecular complexity index is 595. The molecule has 4 nitrogen and oxygen atoms in total. The van der Waals surface area contributed by atoms with Crippen LogP contribution in [0.2, 0.25) is 0 Å². The maximum absolute atomic E-state index is 12.2. The molecule has 1 N–H and O–H groups in total. The molecule has 0 saturated carbocycles. The number of amides is 1. The maximum atomic E-state index is 12.2. The molecule has 0 radical (unpaired) electrons. The average Bonchev–Trinajstić information content (AvgIpc) is 2.65. The Balaban J connectivity index is 2.39. The third-order valence-electron chi connectivity index (χ3n) is 2.53. The van der Waals surface area contributed by atoms with E-state index in [0.717, 1.165) is 6.42 Å². The fraction of sp³-hybridized carbons (Fsp3) is 0.154. The van der Waals surface area contributed by atoms with Gasteiger partial charge in [-0.05, 0) is 24.6 Å². The van der Waals surface area contributed by atoms with E-state index in [1.165, 1.54) is 28.8 Å². The van der Waals surface area contributed by atoms with Gasteiger partial charge in [-0.2, -0.15) is 0 Å². The molecule has 0 aliphatic carbocycles. The van der Waals surface area contributed by atoms with Crippen LogP contribution in [0.25, 0.3) is 0 Å². The summed E-state index contributed by atoms with van der Waals surface area (Å²) >= 11 is 6.42. The van der Waals surface area contributed by atoms with Gasteiger partial charge in [0.1, 0.15) is 0 Å². The van der Waals surface area contributed by atoms with Gasteiger partial charge in [0, 0.05) is 0 Å². The molecule has 98 valence electrons. The predicted molar refractivity (Wildman–Crippen MR) is 79.5 cm³/mol. The Labute approximate surface area is 120 Å². The second kappa shape index (κ2) is 5.54. The molecule has 1 aliphatic heterocycles. The number of anilines is 1. The summed E-state index contributed by atoms with van der Waals surface area (Å²) in [7, 11) is 0. The first kappa shape index (κ1) is 13.8. The van der Waals surface area contributed by atoms with Gasteiger partial charge in [0.15, 0.2) is 4.32 Å². The summed E-state index contributed by atoms with van der Waals surface area (Å²) in [5.41, 5.74) is 0.618. The van der Waals surface area contributed by atoms with Crippen molar-refractivity contribution >= 4 is 45.9 Å². The van der Waals surface area contributed by atoms with E-state index in [-0.39, 0.29) is 11.5 Å². The number of thioether (sulfide) groups is 1. The molecule has 1 aromatic rings. The molecule has 19 heavy (non-hydrogen) atoms. The summed E-state index contributed by atoms with van der Waals surface area (Å²) in [5, 5.41) is 8.97. The monoisotopic (exact) mass is 293 g/mol. The summed E-state index contributed by atoms with van der Waals surface area (Å²) in [6, 6.07) is 6.19. The Morgan fingerprint density at radius 1 is 1.53 bits per heavy atom. The van der Waals surface area contributed by atoms with Crippen molar-refractivity contribution in [3.05, 3.63) is 40.8 Å². The highest BCUT2D eigenvalue weighted by Gasteiger charge is 2.33. The summed E-state index contributed by atoms with van der Waals surface area (Å²) in [5.74, 6) is -1.23. The standard InChI is InChI=1S/C13H11NO3S2/c1-2-4-10-11(15)14(13(18)19-10)9-6-3-5-8(7-9)12(16)17/h3-7H,2H2,1H3,(H,16,17)/b10-4-. The number of allylic oxidation sites excluding steroid dienone is 1. The summed E-state index contributed by atoms with van der Waals surface area (Å²) < 4.78 is 0.423. The zero-order chi connectivity index (χ0) is 14.0. The second-order valence-electron chi connectivity index (χ2n) is 3.84. The van der Waals surface area contributed by atoms with Crippen LogP contribution < -0.4 is 4.90 Å². The van der Waals surface area contributed by atoms with E-state index in [9.17, 15) is 9.59 Å². The molecule has 0 unspecified atom stereocenters. The molecule has 0 bridgehead atoms. The number of carbonyl (C=O) groups is 2. The zero-order valence-corrected chi connectivity index (χ0v) is 11.8. The molecule has 1 saturated heterocycles. The lowest BCUT2D eigenvalue weighted by Crippen LogP contribution is -2.27. The van der Waals surface area contributed by atoms with Crippen molar-refractivity contribution in [2.75, 3.05) is 4.90 Å². The van der Waals surface area contributed by atoms with Crippen LogP contribution >= 0.6 is 24.0 Å². The highest BCUT2D eigenvalue weighted by Crippen LogP contribution is 2.35. The van der Waals surface area contributed by atoms with E-state index in [1.54, 1.807) is 12.1 Å². The van der Waals surface area contributed by atoms with Crippen LogP contribution in [0.3, 0.4) is 0 Å². The van der Waals surface area contributed by atoms with Crippen molar-refractivity contribution < 1.29 is 14.7 Å². The number of thiocarbonyl (C=S) groups is 1. The van der Waals surface area contributed by atoms with Gasteiger partial charge < -0.3 is 5.11 Å². The number of nitrogens with zero attached hydrogens (tertiary/aromatic N) is 1. The van der Waals surface area contributed by atoms with Crippen LogP contribution in [0, 0.1) is 0 Å². The van der Waals surface area contributed by atoms with Gasteiger partial charge in [-0.1, -0.05) is 43.0 Å². The molecule has 1 amide bonds. The molecule has 1 aliphatic rings. The number of carbonyl (C=O) groups excluding carboxylic acids is 1. The number of hydrogen-bond donors (Lipinski definition) is 1. The number of rotatable bonds is 3. The van der Waals surface area contributed by atoms with Gasteiger partial charge in [-0.25, -0.2) is 4.79 Å². The lowest BCUT2D eigenvalue weighted by Gasteiger charge is -2.14. The fourth-order valence-electron chi connectivity index (χ4n) is 1.69. The number of carboxylic acids is 1. The second-order valence-corrected chi connectivity index (χ2v) is 5.52. The normalized spacial score (nSPS) is 17.3. The molecule has 2 rings (SSSR count). The van der Waals surface area contributed by atoms with Crippen LogP contribution in [0.4, 0.5) is 5.69 Å². The van der Waals surface area contributed by atoms with Gasteiger partial charge in [-0.3, -0.25) is 9.69 Å². The molecule has 1 aromatic carbocycles. The Kier molecular flexibility index (Phi) is 4.01. The van der Waals surface area contributed by atoms with Crippen LogP contribution in [0.15, 0.2) is 35.2 Å². The first-order valence-electron chi connectivity index (χ1n) is 5.64. The van der Waals surface area contributed by atoms with Gasteiger partial charge in [0.2, 0.25) is 0 Å². The number of hydrogen-bond acceptors (Lipinski definition) is 4.